The van der Waals surface area contributed by atoms with Crippen LogP contribution in [0.4, 0.5) is 0 Å². The summed E-state index contributed by atoms with van der Waals surface area (Å²) in [6.07, 6.45) is 0. The van der Waals surface area contributed by atoms with E-state index in [4.69, 9.17) is 5.11 Å². The number of carboxylic acids is 1. The van der Waals surface area contributed by atoms with Crippen molar-refractivity contribution in [3.05, 3.63) is 47.3 Å². The first kappa shape index (κ1) is 11.8. The van der Waals surface area contributed by atoms with E-state index in [0.29, 0.717) is 5.56 Å². The van der Waals surface area contributed by atoms with Crippen LogP contribution in [0.5, 0.6) is 0 Å². The number of thiophene rings is 1. The summed E-state index contributed by atoms with van der Waals surface area (Å²) in [5.74, 6) is -0.886. The van der Waals surface area contributed by atoms with E-state index < -0.39 is 5.97 Å². The Balaban J connectivity index is 0.00000112. The van der Waals surface area contributed by atoms with Crippen LogP contribution in [0.15, 0.2) is 41.8 Å². The van der Waals surface area contributed by atoms with Crippen LogP contribution in [0.25, 0.3) is 10.4 Å². The average Bonchev–Trinajstić information content (AvgIpc) is 2.71. The lowest BCUT2D eigenvalue weighted by Crippen LogP contribution is -1.94. The fourth-order valence-corrected chi connectivity index (χ4v) is 1.95. The molecule has 2 rings (SSSR count). The van der Waals surface area contributed by atoms with Crippen molar-refractivity contribution in [3.63, 3.8) is 0 Å². The van der Waals surface area contributed by atoms with Gasteiger partial charge in [0.15, 0.2) is 0 Å². The van der Waals surface area contributed by atoms with Crippen molar-refractivity contribution in [3.8, 4) is 10.4 Å². The van der Waals surface area contributed by atoms with Gasteiger partial charge in [0.05, 0.1) is 5.56 Å². The van der Waals surface area contributed by atoms with Crippen LogP contribution in [-0.2, 0) is 0 Å². The van der Waals surface area contributed by atoms with Crippen LogP contribution in [0.1, 0.15) is 10.4 Å². The van der Waals surface area contributed by atoms with Gasteiger partial charge in [0, 0.05) is 4.88 Å². The quantitative estimate of drug-likeness (QED) is 0.872. The van der Waals surface area contributed by atoms with Gasteiger partial charge in [0.1, 0.15) is 0 Å². The number of halogens is 1. The highest BCUT2D eigenvalue weighted by atomic mass is 35.5. The number of aromatic carboxylic acids is 1. The first-order valence-corrected chi connectivity index (χ1v) is 5.02. The third kappa shape index (κ3) is 2.58. The van der Waals surface area contributed by atoms with Gasteiger partial charge >= 0.3 is 5.97 Å². The van der Waals surface area contributed by atoms with Crippen molar-refractivity contribution in [2.75, 3.05) is 0 Å². The predicted octanol–water partition coefficient (Wildman–Crippen LogP) is 3.54. The van der Waals surface area contributed by atoms with E-state index in [1.165, 1.54) is 0 Å². The maximum atomic E-state index is 10.6. The van der Waals surface area contributed by atoms with Gasteiger partial charge in [0.25, 0.3) is 0 Å². The van der Waals surface area contributed by atoms with E-state index in [-0.39, 0.29) is 12.4 Å². The molecule has 15 heavy (non-hydrogen) atoms. The average molecular weight is 241 g/mol. The zero-order valence-corrected chi connectivity index (χ0v) is 9.35. The van der Waals surface area contributed by atoms with Gasteiger partial charge in [-0.15, -0.1) is 23.7 Å². The Morgan fingerprint density at radius 3 is 2.27 bits per heavy atom. The van der Waals surface area contributed by atoms with Crippen LogP contribution in [0, 0.1) is 0 Å². The molecular formula is C11H9ClO2S. The minimum Gasteiger partial charge on any atom is -0.478 e. The highest BCUT2D eigenvalue weighted by Crippen LogP contribution is 2.24. The topological polar surface area (TPSA) is 37.3 Å². The third-order valence-corrected chi connectivity index (χ3v) is 2.86. The second-order valence-electron chi connectivity index (χ2n) is 2.86. The lowest BCUT2D eigenvalue weighted by Gasteiger charge is -1.97. The molecule has 4 heteroatoms. The van der Waals surface area contributed by atoms with E-state index in [0.717, 1.165) is 10.4 Å². The van der Waals surface area contributed by atoms with Gasteiger partial charge in [-0.3, -0.25) is 0 Å². The third-order valence-electron chi connectivity index (χ3n) is 1.94. The summed E-state index contributed by atoms with van der Waals surface area (Å²) in [4.78, 5) is 11.8. The summed E-state index contributed by atoms with van der Waals surface area (Å²) in [6, 6.07) is 10.9. The fourth-order valence-electron chi connectivity index (χ4n) is 1.22. The lowest BCUT2D eigenvalue weighted by atomic mass is 10.1. The van der Waals surface area contributed by atoms with Crippen LogP contribution < -0.4 is 0 Å². The first-order valence-electron chi connectivity index (χ1n) is 4.14. The van der Waals surface area contributed by atoms with E-state index in [1.807, 2.05) is 29.6 Å². The molecule has 0 saturated carbocycles. The summed E-state index contributed by atoms with van der Waals surface area (Å²) in [7, 11) is 0. The number of rotatable bonds is 2. The second-order valence-corrected chi connectivity index (χ2v) is 3.81. The Labute approximate surface area is 97.6 Å². The maximum Gasteiger partial charge on any atom is 0.335 e. The predicted molar refractivity (Wildman–Crippen MR) is 64.0 cm³/mol. The van der Waals surface area contributed by atoms with Gasteiger partial charge in [0.2, 0.25) is 0 Å². The zero-order chi connectivity index (χ0) is 9.97. The van der Waals surface area contributed by atoms with E-state index >= 15 is 0 Å². The summed E-state index contributed by atoms with van der Waals surface area (Å²) < 4.78 is 0. The monoisotopic (exact) mass is 240 g/mol. The molecule has 1 N–H and O–H groups in total. The Bertz CT molecular complexity index is 434. The highest BCUT2D eigenvalue weighted by Gasteiger charge is 2.02. The van der Waals surface area contributed by atoms with Crippen LogP contribution in [-0.4, -0.2) is 11.1 Å². The molecule has 78 valence electrons. The van der Waals surface area contributed by atoms with Gasteiger partial charge in [-0.1, -0.05) is 18.2 Å². The largest absolute Gasteiger partial charge is 0.478 e. The molecule has 0 aliphatic rings. The molecule has 0 bridgehead atoms. The number of carboxylic acid groups (broad SMARTS) is 1. The summed E-state index contributed by atoms with van der Waals surface area (Å²) in [5, 5.41) is 10.7. The molecule has 2 aromatic rings. The van der Waals surface area contributed by atoms with E-state index in [9.17, 15) is 4.79 Å². The van der Waals surface area contributed by atoms with Crippen molar-refractivity contribution in [2.24, 2.45) is 0 Å². The first-order chi connectivity index (χ1) is 6.77. The van der Waals surface area contributed by atoms with Crippen molar-refractivity contribution >= 4 is 29.7 Å². The van der Waals surface area contributed by atoms with E-state index in [2.05, 4.69) is 0 Å². The molecule has 0 fully saturated rings. The molecule has 1 heterocycles. The standard InChI is InChI=1S/C11H8O2S.ClH/c12-11(13)9-5-3-8(4-6-9)10-2-1-7-14-10;/h1-7H,(H,12,13);1H. The molecule has 0 saturated heterocycles. The number of carbonyl (C=O) groups is 1. The molecular weight excluding hydrogens is 232 g/mol. The zero-order valence-electron chi connectivity index (χ0n) is 7.71. The smallest absolute Gasteiger partial charge is 0.335 e. The Morgan fingerprint density at radius 2 is 1.80 bits per heavy atom. The van der Waals surface area contributed by atoms with Crippen LogP contribution in [0.3, 0.4) is 0 Å². The molecule has 0 radical (unpaired) electrons. The van der Waals surface area contributed by atoms with Crippen molar-refractivity contribution in [1.29, 1.82) is 0 Å². The van der Waals surface area contributed by atoms with Crippen molar-refractivity contribution in [2.45, 2.75) is 0 Å². The van der Waals surface area contributed by atoms with E-state index in [1.54, 1.807) is 23.5 Å². The molecule has 2 nitrogen and oxygen atoms in total. The molecule has 1 aromatic heterocycles. The van der Waals surface area contributed by atoms with Crippen LogP contribution in [0.2, 0.25) is 0 Å². The molecule has 1 aromatic carbocycles. The number of benzene rings is 1. The lowest BCUT2D eigenvalue weighted by molar-refractivity contribution is 0.0697. The minimum atomic E-state index is -0.886. The fraction of sp³-hybridized carbons (Fsp3) is 0. The van der Waals surface area contributed by atoms with Gasteiger partial charge in [-0.05, 0) is 29.1 Å². The molecule has 0 atom stereocenters. The Morgan fingerprint density at radius 1 is 1.13 bits per heavy atom. The van der Waals surface area contributed by atoms with Gasteiger partial charge in [-0.2, -0.15) is 0 Å². The Kier molecular flexibility index (Phi) is 3.88. The van der Waals surface area contributed by atoms with Crippen LogP contribution >= 0.6 is 23.7 Å². The Hall–Kier alpha value is -1.32. The molecule has 0 unspecified atom stereocenters. The summed E-state index contributed by atoms with van der Waals surface area (Å²) >= 11 is 1.64. The second kappa shape index (κ2) is 4.96. The normalized spacial score (nSPS) is 9.33. The molecule has 0 amide bonds. The molecule has 0 aliphatic carbocycles. The SMILES string of the molecule is Cl.O=C(O)c1ccc(-c2cccs2)cc1. The molecule has 0 aliphatic heterocycles. The van der Waals surface area contributed by atoms with Crippen molar-refractivity contribution < 1.29 is 9.90 Å². The molecule has 0 spiro atoms. The van der Waals surface area contributed by atoms with Crippen molar-refractivity contribution in [1.82, 2.24) is 0 Å². The highest BCUT2D eigenvalue weighted by molar-refractivity contribution is 7.13. The maximum absolute atomic E-state index is 10.6. The number of hydrogen-bond donors (Lipinski definition) is 1. The number of hydrogen-bond acceptors (Lipinski definition) is 2. The summed E-state index contributed by atoms with van der Waals surface area (Å²) in [5.41, 5.74) is 1.38. The van der Waals surface area contributed by atoms with Gasteiger partial charge < -0.3 is 5.11 Å². The van der Waals surface area contributed by atoms with Gasteiger partial charge in [-0.25, -0.2) is 4.79 Å². The minimum absolute atomic E-state index is 0. The summed E-state index contributed by atoms with van der Waals surface area (Å²) in [6.45, 7) is 0.